The first-order chi connectivity index (χ1) is 30.8. The Morgan fingerprint density at radius 1 is 0.615 bits per heavy atom. The van der Waals surface area contributed by atoms with Gasteiger partial charge < -0.3 is 19.2 Å². The van der Waals surface area contributed by atoms with Crippen LogP contribution in [0.4, 0.5) is 38.5 Å². The lowest BCUT2D eigenvalue weighted by Gasteiger charge is -2.25. The van der Waals surface area contributed by atoms with E-state index in [1.54, 1.807) is 42.5 Å². The molecule has 65 heavy (non-hydrogen) atoms. The summed E-state index contributed by atoms with van der Waals surface area (Å²) in [5.74, 6) is -2.95. The van der Waals surface area contributed by atoms with Crippen LogP contribution in [-0.4, -0.2) is 62.2 Å². The summed E-state index contributed by atoms with van der Waals surface area (Å²) in [4.78, 5) is 44.3. The summed E-state index contributed by atoms with van der Waals surface area (Å²) in [6.45, 7) is -0.593. The second kappa shape index (κ2) is 21.4. The van der Waals surface area contributed by atoms with Gasteiger partial charge >= 0.3 is 12.2 Å². The molecule has 13 nitrogen and oxygen atoms in total. The number of anilines is 2. The molecule has 0 radical (unpaired) electrons. The lowest BCUT2D eigenvalue weighted by molar-refractivity contribution is 0.0901. The van der Waals surface area contributed by atoms with Crippen molar-refractivity contribution in [3.63, 3.8) is 0 Å². The molecule has 340 valence electrons. The van der Waals surface area contributed by atoms with Gasteiger partial charge in [-0.25, -0.2) is 32.1 Å². The average Bonchev–Trinajstić information content (AvgIpc) is 3.76. The number of hydrogen-bond donors (Lipinski definition) is 1. The molecule has 2 aliphatic rings. The Kier molecular flexibility index (Phi) is 16.0. The highest BCUT2D eigenvalue weighted by atomic mass is 35.5. The second-order valence-corrected chi connectivity index (χ2v) is 17.2. The fourth-order valence-corrected chi connectivity index (χ4v) is 7.33. The van der Waals surface area contributed by atoms with Gasteiger partial charge in [0.1, 0.15) is 48.6 Å². The van der Waals surface area contributed by atoms with E-state index in [9.17, 15) is 40.4 Å². The monoisotopic (exact) mass is 996 g/mol. The number of pyridine rings is 2. The topological polar surface area (TPSA) is 157 Å². The second-order valence-electron chi connectivity index (χ2n) is 13.8. The first-order valence-corrected chi connectivity index (χ1v) is 22.0. The van der Waals surface area contributed by atoms with E-state index in [-0.39, 0.29) is 29.2 Å². The molecule has 0 spiro atoms. The number of nitrogens with one attached hydrogen (secondary N) is 1. The number of halogens is 8. The largest absolute Gasteiger partial charge is 0.474 e. The minimum Gasteiger partial charge on any atom is -0.474 e. The first-order valence-electron chi connectivity index (χ1n) is 18.7. The van der Waals surface area contributed by atoms with E-state index in [1.807, 2.05) is 0 Å². The van der Waals surface area contributed by atoms with Crippen LogP contribution in [0.2, 0.25) is 20.1 Å². The predicted octanol–water partition coefficient (Wildman–Crippen LogP) is 10.5. The van der Waals surface area contributed by atoms with Crippen molar-refractivity contribution in [2.24, 2.45) is 0 Å². The van der Waals surface area contributed by atoms with Crippen molar-refractivity contribution in [3.8, 4) is 5.88 Å². The van der Waals surface area contributed by atoms with E-state index in [0.717, 1.165) is 36.6 Å². The number of amides is 2. The SMILES string of the molecule is CS(=O)(=O)OC[C@@H]1OC(=O)N(c2ccc(Cl)cc2)[C@H]1c1cc(F)cc(F)c1.O=C1O[C@@H](COc2ccc(Cl)cn2)[C@H](c2cc(F)cc(F)c2)N1c1ccc(Cl)cc1.O=c1ccc(Cl)c[nH]1. The minimum atomic E-state index is -3.81. The lowest BCUT2D eigenvalue weighted by atomic mass is 10.00. The zero-order valence-corrected chi connectivity index (χ0v) is 37.1. The first kappa shape index (κ1) is 48.6. The van der Waals surface area contributed by atoms with Crippen molar-refractivity contribution in [3.05, 3.63) is 186 Å². The Morgan fingerprint density at radius 3 is 1.43 bits per heavy atom. The van der Waals surface area contributed by atoms with Crippen LogP contribution in [0, 0.1) is 23.3 Å². The molecule has 4 atom stereocenters. The standard InChI is InChI=1S/C21H14Cl2F2N2O3.C17H14ClF2NO5S.C5H4ClNO/c22-13-1-4-17(5-2-13)27-20(12-7-15(24)9-16(25)8-12)18(30-21(27)28)11-29-19-6-3-14(23)10-26-19;1-27(23,24)25-9-15-16(10-6-12(19)8-13(20)7-10)21(17(22)26-15)14-4-2-11(18)3-5-14;6-4-1-2-5(8)7-3-4/h1-10,18,20H,11H2;2-8,15-16H,9H2,1H3;1-3H,(H,7,8)/t18-,20-;15-,16-;/m00./s1. The van der Waals surface area contributed by atoms with Crippen LogP contribution in [0.1, 0.15) is 23.2 Å². The number of hydrogen-bond acceptors (Lipinski definition) is 10. The minimum absolute atomic E-state index is 0.0900. The fraction of sp³-hybridized carbons (Fsp3) is 0.163. The third kappa shape index (κ3) is 13.3. The maximum atomic E-state index is 13.9. The Morgan fingerprint density at radius 2 is 1.05 bits per heavy atom. The molecule has 2 fully saturated rings. The maximum Gasteiger partial charge on any atom is 0.415 e. The van der Waals surface area contributed by atoms with Gasteiger partial charge in [-0.1, -0.05) is 46.4 Å². The molecular formula is C43H32Cl4F4N4O9S. The van der Waals surface area contributed by atoms with Crippen molar-refractivity contribution in [1.29, 1.82) is 0 Å². The van der Waals surface area contributed by atoms with Gasteiger partial charge in [0.05, 0.1) is 16.3 Å². The molecule has 22 heteroatoms. The number of ether oxygens (including phenoxy) is 3. The maximum absolute atomic E-state index is 13.9. The Balaban J connectivity index is 0.000000185. The number of aromatic nitrogens is 2. The zero-order valence-electron chi connectivity index (χ0n) is 33.2. The molecule has 1 N–H and O–H groups in total. The quantitative estimate of drug-likeness (QED) is 0.103. The summed E-state index contributed by atoms with van der Waals surface area (Å²) in [5, 5.41) is 1.89. The van der Waals surface area contributed by atoms with Crippen LogP contribution < -0.4 is 20.1 Å². The predicted molar refractivity (Wildman–Crippen MR) is 234 cm³/mol. The lowest BCUT2D eigenvalue weighted by Crippen LogP contribution is -2.32. The molecule has 0 bridgehead atoms. The van der Waals surface area contributed by atoms with Crippen molar-refractivity contribution in [2.45, 2.75) is 24.3 Å². The number of rotatable bonds is 10. The summed E-state index contributed by atoms with van der Waals surface area (Å²) >= 11 is 23.1. The molecule has 0 unspecified atom stereocenters. The molecule has 2 amide bonds. The molecular weight excluding hydrogens is 966 g/mol. The number of nitrogens with zero attached hydrogens (tertiary/aromatic N) is 3. The molecule has 2 aromatic heterocycles. The summed E-state index contributed by atoms with van der Waals surface area (Å²) in [5.41, 5.74) is 1.02. The van der Waals surface area contributed by atoms with E-state index in [1.165, 1.54) is 52.5 Å². The van der Waals surface area contributed by atoms with Gasteiger partial charge in [-0.3, -0.25) is 18.8 Å². The van der Waals surface area contributed by atoms with Crippen molar-refractivity contribution in [2.75, 3.05) is 29.3 Å². The summed E-state index contributed by atoms with van der Waals surface area (Å²) in [6.07, 6.45) is 0.257. The molecule has 4 aromatic carbocycles. The van der Waals surface area contributed by atoms with Crippen LogP contribution in [0.25, 0.3) is 0 Å². The number of cyclic esters (lactones) is 2. The van der Waals surface area contributed by atoms with E-state index in [2.05, 4.69) is 9.97 Å². The highest BCUT2D eigenvalue weighted by Gasteiger charge is 2.46. The highest BCUT2D eigenvalue weighted by Crippen LogP contribution is 2.40. The molecule has 6 aromatic rings. The van der Waals surface area contributed by atoms with E-state index in [0.29, 0.717) is 37.5 Å². The summed E-state index contributed by atoms with van der Waals surface area (Å²) < 4.78 is 99.0. The van der Waals surface area contributed by atoms with Crippen LogP contribution in [0.5, 0.6) is 5.88 Å². The summed E-state index contributed by atoms with van der Waals surface area (Å²) in [6, 6.07) is 22.7. The number of benzene rings is 4. The molecule has 4 heterocycles. The van der Waals surface area contributed by atoms with Crippen LogP contribution in [0.15, 0.2) is 126 Å². The Labute approximate surface area is 388 Å². The molecule has 2 aliphatic heterocycles. The molecule has 2 saturated heterocycles. The highest BCUT2D eigenvalue weighted by molar-refractivity contribution is 7.86. The van der Waals surface area contributed by atoms with Crippen molar-refractivity contribution >= 4 is 80.1 Å². The number of H-pyrrole nitrogens is 1. The van der Waals surface area contributed by atoms with Crippen LogP contribution in [0.3, 0.4) is 0 Å². The Bertz CT molecular complexity index is 2750. The van der Waals surface area contributed by atoms with Gasteiger partial charge in [-0.2, -0.15) is 8.42 Å². The average molecular weight is 999 g/mol. The van der Waals surface area contributed by atoms with Crippen LogP contribution >= 0.6 is 46.4 Å². The normalized spacial score (nSPS) is 17.9. The third-order valence-electron chi connectivity index (χ3n) is 9.11. The van der Waals surface area contributed by atoms with Gasteiger partial charge in [-0.05, 0) is 96.1 Å². The number of carbonyl (C=O) groups excluding carboxylic acids is 2. The zero-order chi connectivity index (χ0) is 47.0. The third-order valence-corrected chi connectivity index (χ3v) is 10.6. The molecule has 0 saturated carbocycles. The summed E-state index contributed by atoms with van der Waals surface area (Å²) in [7, 11) is -3.81. The molecule has 8 rings (SSSR count). The van der Waals surface area contributed by atoms with E-state index in [4.69, 9.17) is 64.8 Å². The smallest absolute Gasteiger partial charge is 0.415 e. The molecule has 0 aliphatic carbocycles. The van der Waals surface area contributed by atoms with Gasteiger partial charge in [0.15, 0.2) is 12.2 Å². The fourth-order valence-electron chi connectivity index (χ4n) is 6.46. The van der Waals surface area contributed by atoms with Gasteiger partial charge in [0.2, 0.25) is 11.4 Å². The van der Waals surface area contributed by atoms with E-state index < -0.39 is 76.5 Å². The van der Waals surface area contributed by atoms with Gasteiger partial charge in [0.25, 0.3) is 10.1 Å². The Hall–Kier alpha value is -5.89. The van der Waals surface area contributed by atoms with E-state index >= 15 is 0 Å². The van der Waals surface area contributed by atoms with Crippen molar-refractivity contribution < 1.29 is 54.0 Å². The van der Waals surface area contributed by atoms with Crippen molar-refractivity contribution in [1.82, 2.24) is 9.97 Å². The van der Waals surface area contributed by atoms with Gasteiger partial charge in [0, 0.05) is 58.1 Å². The number of aromatic amines is 1. The van der Waals surface area contributed by atoms with Crippen LogP contribution in [-0.2, 0) is 23.8 Å². The van der Waals surface area contributed by atoms with Gasteiger partial charge in [-0.15, -0.1) is 0 Å². The number of carbonyl (C=O) groups is 2.